The minimum Gasteiger partial charge on any atom is -0.444 e. The van der Waals surface area contributed by atoms with Gasteiger partial charge in [0.15, 0.2) is 5.65 Å². The van der Waals surface area contributed by atoms with Gasteiger partial charge < -0.3 is 14.5 Å². The fourth-order valence-electron chi connectivity index (χ4n) is 3.80. The van der Waals surface area contributed by atoms with Gasteiger partial charge in [0.2, 0.25) is 0 Å². The van der Waals surface area contributed by atoms with Crippen molar-refractivity contribution < 1.29 is 13.9 Å². The minimum absolute atomic E-state index is 0.360. The molecule has 1 aromatic carbocycles. The topological polar surface area (TPSA) is 67.0 Å². The summed E-state index contributed by atoms with van der Waals surface area (Å²) in [6, 6.07) is 2.77. The van der Waals surface area contributed by atoms with Crippen molar-refractivity contribution in [2.75, 3.05) is 13.1 Å². The van der Waals surface area contributed by atoms with E-state index in [0.29, 0.717) is 41.6 Å². The van der Waals surface area contributed by atoms with Gasteiger partial charge in [-0.2, -0.15) is 0 Å². The molecule has 3 heterocycles. The van der Waals surface area contributed by atoms with Crippen LogP contribution in [-0.4, -0.2) is 44.3 Å². The van der Waals surface area contributed by atoms with Crippen molar-refractivity contribution in [1.29, 1.82) is 0 Å². The second-order valence-corrected chi connectivity index (χ2v) is 9.18. The summed E-state index contributed by atoms with van der Waals surface area (Å²) < 4.78 is 21.6. The zero-order valence-electron chi connectivity index (χ0n) is 16.4. The first-order valence-electron chi connectivity index (χ1n) is 9.35. The van der Waals surface area contributed by atoms with Crippen molar-refractivity contribution in [3.8, 4) is 0 Å². The highest BCUT2D eigenvalue weighted by molar-refractivity contribution is 9.10. The molecule has 1 N–H and O–H groups in total. The number of amides is 1. The third kappa shape index (κ3) is 3.35. The molecule has 152 valence electrons. The third-order valence-corrected chi connectivity index (χ3v) is 5.81. The lowest BCUT2D eigenvalue weighted by atomic mass is 9.83. The number of fused-ring (bicyclic) bond motifs is 3. The second-order valence-electron chi connectivity index (χ2n) is 8.32. The van der Waals surface area contributed by atoms with Gasteiger partial charge in [-0.25, -0.2) is 25.3 Å². The molecule has 3 aromatic rings. The zero-order chi connectivity index (χ0) is 21.0. The zero-order valence-corrected chi connectivity index (χ0v) is 18.0. The van der Waals surface area contributed by atoms with Gasteiger partial charge in [-0.15, -0.1) is 0 Å². The van der Waals surface area contributed by atoms with E-state index in [9.17, 15) is 9.18 Å². The van der Waals surface area contributed by atoms with Crippen LogP contribution in [0.1, 0.15) is 39.2 Å². The number of likely N-dealkylation sites (tertiary alicyclic amines) is 1. The van der Waals surface area contributed by atoms with Crippen LogP contribution < -0.4 is 0 Å². The quantitative estimate of drug-likeness (QED) is 0.526. The maximum atomic E-state index is 13.8. The fraction of sp³-hybridized carbons (Fsp3) is 0.450. The number of aromatic nitrogens is 3. The minimum atomic E-state index is -0.799. The van der Waals surface area contributed by atoms with E-state index in [1.165, 1.54) is 12.1 Å². The summed E-state index contributed by atoms with van der Waals surface area (Å²) in [5.41, 5.74) is 1.24. The standard InChI is InChI=1S/C20H21BrFN5O2/c1-19(2,3)29-18(28)26-7-5-20(23-4,6-8-26)13-11-24-27-16-14(21)9-12(22)10-15(16)25-17(13)27/h9-11,24H,5-8H2,1-3H3. The summed E-state index contributed by atoms with van der Waals surface area (Å²) >= 11 is 3.39. The van der Waals surface area contributed by atoms with E-state index in [4.69, 9.17) is 11.3 Å². The van der Waals surface area contributed by atoms with Crippen molar-refractivity contribution in [1.82, 2.24) is 19.5 Å². The molecule has 1 aliphatic heterocycles. The Labute approximate surface area is 175 Å². The molecule has 0 unspecified atom stereocenters. The smallest absolute Gasteiger partial charge is 0.410 e. The number of imidazole rings is 1. The van der Waals surface area contributed by atoms with Crippen LogP contribution >= 0.6 is 15.9 Å². The predicted octanol–water partition coefficient (Wildman–Crippen LogP) is 4.86. The van der Waals surface area contributed by atoms with Crippen LogP contribution in [0, 0.1) is 12.4 Å². The molecule has 2 aromatic heterocycles. The Kier molecular flexibility index (Phi) is 4.57. The first-order chi connectivity index (χ1) is 13.6. The Morgan fingerprint density at radius 2 is 2.07 bits per heavy atom. The number of nitrogens with one attached hydrogen (secondary N) is 1. The Morgan fingerprint density at radius 1 is 1.38 bits per heavy atom. The van der Waals surface area contributed by atoms with Gasteiger partial charge in [-0.3, -0.25) is 5.10 Å². The van der Waals surface area contributed by atoms with Crippen LogP contribution in [0.15, 0.2) is 22.8 Å². The third-order valence-electron chi connectivity index (χ3n) is 5.21. The van der Waals surface area contributed by atoms with E-state index in [0.717, 1.165) is 11.1 Å². The van der Waals surface area contributed by atoms with Crippen molar-refractivity contribution in [3.05, 3.63) is 45.6 Å². The molecular formula is C20H21BrFN5O2. The van der Waals surface area contributed by atoms with Crippen molar-refractivity contribution in [3.63, 3.8) is 0 Å². The molecule has 29 heavy (non-hydrogen) atoms. The number of ether oxygens (including phenoxy) is 1. The van der Waals surface area contributed by atoms with E-state index in [1.54, 1.807) is 15.6 Å². The lowest BCUT2D eigenvalue weighted by molar-refractivity contribution is 0.0182. The van der Waals surface area contributed by atoms with Gasteiger partial charge in [0.1, 0.15) is 16.9 Å². The molecule has 7 nitrogen and oxygen atoms in total. The summed E-state index contributed by atoms with van der Waals surface area (Å²) in [5.74, 6) is -0.378. The highest BCUT2D eigenvalue weighted by Gasteiger charge is 2.46. The van der Waals surface area contributed by atoms with Gasteiger partial charge >= 0.3 is 6.09 Å². The Bertz CT molecular complexity index is 1150. The predicted molar refractivity (Wildman–Crippen MR) is 110 cm³/mol. The molecule has 1 fully saturated rings. The van der Waals surface area contributed by atoms with Crippen LogP contribution in [-0.2, 0) is 10.3 Å². The normalized spacial score (nSPS) is 16.9. The molecule has 0 bridgehead atoms. The van der Waals surface area contributed by atoms with Crippen molar-refractivity contribution in [2.24, 2.45) is 0 Å². The largest absolute Gasteiger partial charge is 0.444 e. The highest BCUT2D eigenvalue weighted by Crippen LogP contribution is 2.40. The molecule has 0 atom stereocenters. The molecule has 1 saturated heterocycles. The molecule has 0 radical (unpaired) electrons. The van der Waals surface area contributed by atoms with Gasteiger partial charge in [0, 0.05) is 42.7 Å². The maximum absolute atomic E-state index is 13.8. The molecule has 4 rings (SSSR count). The van der Waals surface area contributed by atoms with Crippen LogP contribution in [0.3, 0.4) is 0 Å². The monoisotopic (exact) mass is 461 g/mol. The molecule has 0 spiro atoms. The van der Waals surface area contributed by atoms with Crippen LogP contribution in [0.5, 0.6) is 0 Å². The number of nitrogens with zero attached hydrogens (tertiary/aromatic N) is 4. The number of benzene rings is 1. The van der Waals surface area contributed by atoms with Crippen LogP contribution in [0.4, 0.5) is 9.18 Å². The number of carbonyl (C=O) groups is 1. The summed E-state index contributed by atoms with van der Waals surface area (Å²) in [7, 11) is 0. The summed E-state index contributed by atoms with van der Waals surface area (Å²) in [5, 5.41) is 3.15. The summed E-state index contributed by atoms with van der Waals surface area (Å²) in [6.45, 7) is 14.2. The van der Waals surface area contributed by atoms with Crippen molar-refractivity contribution in [2.45, 2.75) is 44.8 Å². The van der Waals surface area contributed by atoms with Crippen LogP contribution in [0.25, 0.3) is 21.5 Å². The number of halogens is 2. The number of aromatic amines is 1. The van der Waals surface area contributed by atoms with Gasteiger partial charge in [0.05, 0.1) is 11.1 Å². The van der Waals surface area contributed by atoms with E-state index < -0.39 is 11.1 Å². The summed E-state index contributed by atoms with van der Waals surface area (Å²) in [6.07, 6.45) is 2.38. The average molecular weight is 462 g/mol. The van der Waals surface area contributed by atoms with E-state index in [-0.39, 0.29) is 11.9 Å². The number of carbonyl (C=O) groups excluding carboxylic acids is 1. The number of H-pyrrole nitrogens is 1. The summed E-state index contributed by atoms with van der Waals surface area (Å²) in [4.78, 5) is 22.6. The lowest BCUT2D eigenvalue weighted by Gasteiger charge is -2.34. The second kappa shape index (κ2) is 6.73. The van der Waals surface area contributed by atoms with E-state index >= 15 is 0 Å². The average Bonchev–Trinajstić information content (AvgIpc) is 3.19. The molecule has 0 aliphatic carbocycles. The van der Waals surface area contributed by atoms with Crippen LogP contribution in [0.2, 0.25) is 0 Å². The van der Waals surface area contributed by atoms with Gasteiger partial charge in [-0.1, -0.05) is 0 Å². The molecular weight excluding hydrogens is 441 g/mol. The van der Waals surface area contributed by atoms with Gasteiger partial charge in [0.25, 0.3) is 5.54 Å². The first kappa shape index (κ1) is 19.7. The number of hydrogen-bond acceptors (Lipinski definition) is 3. The Hall–Kier alpha value is -2.60. The maximum Gasteiger partial charge on any atom is 0.410 e. The Morgan fingerprint density at radius 3 is 2.69 bits per heavy atom. The SMILES string of the molecule is [C-]#[N+]C1(c2c[nH]n3c2nc2cc(F)cc(Br)c23)CCN(C(=O)OC(C)(C)C)CC1. The van der Waals surface area contributed by atoms with E-state index in [1.807, 2.05) is 20.8 Å². The highest BCUT2D eigenvalue weighted by atomic mass is 79.9. The number of rotatable bonds is 1. The lowest BCUT2D eigenvalue weighted by Crippen LogP contribution is -2.45. The first-order valence-corrected chi connectivity index (χ1v) is 10.1. The van der Waals surface area contributed by atoms with Crippen molar-refractivity contribution >= 4 is 38.7 Å². The van der Waals surface area contributed by atoms with Gasteiger partial charge in [-0.05, 0) is 42.8 Å². The fourth-order valence-corrected chi connectivity index (χ4v) is 4.40. The Balaban J connectivity index is 1.67. The number of hydrogen-bond donors (Lipinski definition) is 1. The molecule has 0 saturated carbocycles. The molecule has 1 amide bonds. The molecule has 1 aliphatic rings. The van der Waals surface area contributed by atoms with E-state index in [2.05, 4.69) is 30.9 Å². The number of piperidine rings is 1. The molecule has 9 heteroatoms.